The first kappa shape index (κ1) is 12.2. The monoisotopic (exact) mass is 295 g/mol. The summed E-state index contributed by atoms with van der Waals surface area (Å²) < 4.78 is 11.2. The van der Waals surface area contributed by atoms with Crippen LogP contribution in [0.2, 0.25) is 0 Å². The smallest absolute Gasteiger partial charge is 0.174 e. The van der Waals surface area contributed by atoms with Crippen LogP contribution in [0.5, 0.6) is 5.75 Å². The molecule has 1 aromatic carbocycles. The molecule has 4 heteroatoms. The van der Waals surface area contributed by atoms with E-state index in [0.29, 0.717) is 0 Å². The van der Waals surface area contributed by atoms with Crippen LogP contribution < -0.4 is 10.1 Å². The number of rotatable bonds is 4. The van der Waals surface area contributed by atoms with Crippen molar-refractivity contribution in [1.29, 1.82) is 0 Å². The van der Waals surface area contributed by atoms with Crippen molar-refractivity contribution in [2.45, 2.75) is 6.04 Å². The maximum atomic E-state index is 5.27. The summed E-state index contributed by atoms with van der Waals surface area (Å²) in [6, 6.07) is 10.0. The van der Waals surface area contributed by atoms with Crippen molar-refractivity contribution in [3.05, 3.63) is 52.4 Å². The molecule has 1 unspecified atom stereocenters. The Labute approximate surface area is 109 Å². The Kier molecular flexibility index (Phi) is 3.86. The van der Waals surface area contributed by atoms with Crippen LogP contribution in [0.4, 0.5) is 0 Å². The summed E-state index contributed by atoms with van der Waals surface area (Å²) in [5.41, 5.74) is 2.24. The van der Waals surface area contributed by atoms with Crippen molar-refractivity contribution in [1.82, 2.24) is 5.32 Å². The van der Waals surface area contributed by atoms with Crippen molar-refractivity contribution < 1.29 is 9.15 Å². The summed E-state index contributed by atoms with van der Waals surface area (Å²) >= 11 is 3.40. The zero-order chi connectivity index (χ0) is 12.3. The average molecular weight is 296 g/mol. The van der Waals surface area contributed by atoms with E-state index in [4.69, 9.17) is 9.15 Å². The molecule has 3 nitrogen and oxygen atoms in total. The predicted molar refractivity (Wildman–Crippen MR) is 70.3 cm³/mol. The first-order valence-electron chi connectivity index (χ1n) is 5.30. The van der Waals surface area contributed by atoms with Crippen LogP contribution in [0.3, 0.4) is 0 Å². The van der Waals surface area contributed by atoms with Gasteiger partial charge in [0.1, 0.15) is 5.75 Å². The zero-order valence-corrected chi connectivity index (χ0v) is 11.3. The second-order valence-electron chi connectivity index (χ2n) is 3.64. The second kappa shape index (κ2) is 5.38. The topological polar surface area (TPSA) is 34.4 Å². The van der Waals surface area contributed by atoms with Gasteiger partial charge in [0, 0.05) is 5.56 Å². The van der Waals surface area contributed by atoms with Gasteiger partial charge >= 0.3 is 0 Å². The molecule has 0 aliphatic rings. The fourth-order valence-corrected chi connectivity index (χ4v) is 2.28. The van der Waals surface area contributed by atoms with Crippen LogP contribution in [0.15, 0.2) is 45.7 Å². The Morgan fingerprint density at radius 3 is 2.41 bits per heavy atom. The molecule has 0 bridgehead atoms. The molecule has 1 N–H and O–H groups in total. The van der Waals surface area contributed by atoms with Crippen LogP contribution in [-0.4, -0.2) is 14.2 Å². The average Bonchev–Trinajstić information content (AvgIpc) is 2.78. The molecular weight excluding hydrogens is 282 g/mol. The van der Waals surface area contributed by atoms with Gasteiger partial charge < -0.3 is 14.5 Å². The molecule has 0 amide bonds. The predicted octanol–water partition coefficient (Wildman–Crippen LogP) is 3.36. The molecule has 2 rings (SSSR count). The van der Waals surface area contributed by atoms with Crippen LogP contribution in [-0.2, 0) is 0 Å². The van der Waals surface area contributed by atoms with E-state index in [-0.39, 0.29) is 6.04 Å². The van der Waals surface area contributed by atoms with E-state index in [2.05, 4.69) is 21.2 Å². The lowest BCUT2D eigenvalue weighted by atomic mass is 10.0. The standard InChI is InChI=1S/C13H14BrNO2/c1-15-12(11-7-8-17-13(11)14)9-3-5-10(16-2)6-4-9/h3-8,12,15H,1-2H3. The Morgan fingerprint density at radius 2 is 1.94 bits per heavy atom. The van der Waals surface area contributed by atoms with Crippen molar-refractivity contribution in [3.8, 4) is 5.75 Å². The molecule has 1 heterocycles. The van der Waals surface area contributed by atoms with Gasteiger partial charge in [-0.15, -0.1) is 0 Å². The molecule has 90 valence electrons. The summed E-state index contributed by atoms with van der Waals surface area (Å²) in [4.78, 5) is 0. The summed E-state index contributed by atoms with van der Waals surface area (Å²) in [5.74, 6) is 0.856. The Bertz CT molecular complexity index is 478. The summed E-state index contributed by atoms with van der Waals surface area (Å²) in [6.45, 7) is 0. The number of methoxy groups -OCH3 is 1. The highest BCUT2D eigenvalue weighted by molar-refractivity contribution is 9.10. The largest absolute Gasteiger partial charge is 0.497 e. The molecular formula is C13H14BrNO2. The van der Waals surface area contributed by atoms with Gasteiger partial charge in [0.2, 0.25) is 0 Å². The first-order valence-corrected chi connectivity index (χ1v) is 6.09. The third-order valence-electron chi connectivity index (χ3n) is 2.69. The number of hydrogen-bond acceptors (Lipinski definition) is 3. The number of furan rings is 1. The summed E-state index contributed by atoms with van der Waals surface area (Å²) in [5, 5.41) is 3.27. The highest BCUT2D eigenvalue weighted by Crippen LogP contribution is 2.29. The van der Waals surface area contributed by atoms with E-state index in [1.165, 1.54) is 0 Å². The van der Waals surface area contributed by atoms with Crippen molar-refractivity contribution in [2.24, 2.45) is 0 Å². The number of halogens is 1. The highest BCUT2D eigenvalue weighted by atomic mass is 79.9. The third kappa shape index (κ3) is 2.53. The Hall–Kier alpha value is -1.26. The third-order valence-corrected chi connectivity index (χ3v) is 3.34. The minimum atomic E-state index is 0.106. The summed E-state index contributed by atoms with van der Waals surface area (Å²) in [7, 11) is 3.59. The van der Waals surface area contributed by atoms with Crippen molar-refractivity contribution >= 4 is 15.9 Å². The van der Waals surface area contributed by atoms with Gasteiger partial charge in [-0.05, 0) is 46.7 Å². The Balaban J connectivity index is 2.32. The highest BCUT2D eigenvalue weighted by Gasteiger charge is 2.16. The zero-order valence-electron chi connectivity index (χ0n) is 9.74. The maximum Gasteiger partial charge on any atom is 0.174 e. The lowest BCUT2D eigenvalue weighted by Crippen LogP contribution is -2.17. The fraction of sp³-hybridized carbons (Fsp3) is 0.231. The van der Waals surface area contributed by atoms with Crippen LogP contribution in [0.1, 0.15) is 17.2 Å². The fourth-order valence-electron chi connectivity index (χ4n) is 1.81. The molecule has 0 fully saturated rings. The SMILES string of the molecule is CNC(c1ccc(OC)cc1)c1ccoc1Br. The Morgan fingerprint density at radius 1 is 1.24 bits per heavy atom. The van der Waals surface area contributed by atoms with Gasteiger partial charge in [0.25, 0.3) is 0 Å². The van der Waals surface area contributed by atoms with Gasteiger partial charge in [-0.2, -0.15) is 0 Å². The van der Waals surface area contributed by atoms with E-state index in [9.17, 15) is 0 Å². The van der Waals surface area contributed by atoms with Gasteiger partial charge in [-0.25, -0.2) is 0 Å². The quantitative estimate of drug-likeness (QED) is 0.939. The maximum absolute atomic E-state index is 5.27. The van der Waals surface area contributed by atoms with Crippen LogP contribution in [0.25, 0.3) is 0 Å². The van der Waals surface area contributed by atoms with Crippen molar-refractivity contribution in [3.63, 3.8) is 0 Å². The molecule has 0 saturated carbocycles. The van der Waals surface area contributed by atoms with Crippen molar-refractivity contribution in [2.75, 3.05) is 14.2 Å². The molecule has 0 spiro atoms. The molecule has 17 heavy (non-hydrogen) atoms. The molecule has 0 aliphatic carbocycles. The van der Waals surface area contributed by atoms with Gasteiger partial charge in [0.05, 0.1) is 19.4 Å². The van der Waals surface area contributed by atoms with E-state index in [0.717, 1.165) is 21.5 Å². The lowest BCUT2D eigenvalue weighted by Gasteiger charge is -2.16. The van der Waals surface area contributed by atoms with Crippen LogP contribution >= 0.6 is 15.9 Å². The van der Waals surface area contributed by atoms with Gasteiger partial charge in [-0.1, -0.05) is 12.1 Å². The number of hydrogen-bond donors (Lipinski definition) is 1. The first-order chi connectivity index (χ1) is 8.26. The van der Waals surface area contributed by atoms with Gasteiger partial charge in [-0.3, -0.25) is 0 Å². The van der Waals surface area contributed by atoms with E-state index in [1.807, 2.05) is 37.4 Å². The van der Waals surface area contributed by atoms with E-state index < -0.39 is 0 Å². The minimum absolute atomic E-state index is 0.106. The summed E-state index contributed by atoms with van der Waals surface area (Å²) in [6.07, 6.45) is 1.67. The molecule has 0 radical (unpaired) electrons. The number of benzene rings is 1. The normalized spacial score (nSPS) is 12.4. The number of ether oxygens (including phenoxy) is 1. The van der Waals surface area contributed by atoms with Crippen LogP contribution in [0, 0.1) is 0 Å². The second-order valence-corrected chi connectivity index (χ2v) is 4.36. The lowest BCUT2D eigenvalue weighted by molar-refractivity contribution is 0.414. The molecule has 0 saturated heterocycles. The van der Waals surface area contributed by atoms with E-state index in [1.54, 1.807) is 13.4 Å². The molecule has 1 atom stereocenters. The van der Waals surface area contributed by atoms with E-state index >= 15 is 0 Å². The number of nitrogens with one attached hydrogen (secondary N) is 1. The molecule has 2 aromatic rings. The molecule has 0 aliphatic heterocycles. The minimum Gasteiger partial charge on any atom is -0.497 e. The molecule has 1 aromatic heterocycles. The van der Waals surface area contributed by atoms with Gasteiger partial charge in [0.15, 0.2) is 4.67 Å².